The molecule has 2 aromatic heterocycles. The van der Waals surface area contributed by atoms with E-state index in [2.05, 4.69) is 26.8 Å². The Balaban J connectivity index is 1.52. The van der Waals surface area contributed by atoms with Crippen molar-refractivity contribution in [2.24, 2.45) is 7.05 Å². The summed E-state index contributed by atoms with van der Waals surface area (Å²) in [6, 6.07) is 6.21. The molecule has 0 aromatic carbocycles. The van der Waals surface area contributed by atoms with Crippen molar-refractivity contribution in [3.05, 3.63) is 30.1 Å². The minimum atomic E-state index is -0.0780. The van der Waals surface area contributed by atoms with Crippen LogP contribution in [0.1, 0.15) is 25.0 Å². The minimum Gasteiger partial charge on any atom is -0.381 e. The standard InChI is InChI=1S/C19H29N7O/c1-14-12-17(23-25(14)4)22-19(27)26-10-5-6-15(9-11-26)21-16-7-8-18(20-13-16)24(2)3/h7-8,12-13,15,21H,5-6,9-11H2,1-4H3,(H,22,23,27). The summed E-state index contributed by atoms with van der Waals surface area (Å²) in [7, 11) is 5.83. The molecule has 0 radical (unpaired) electrons. The number of amides is 2. The van der Waals surface area contributed by atoms with Crippen LogP contribution in [0.5, 0.6) is 0 Å². The maximum Gasteiger partial charge on any atom is 0.323 e. The maximum atomic E-state index is 12.5. The van der Waals surface area contributed by atoms with Crippen molar-refractivity contribution >= 4 is 23.4 Å². The molecule has 27 heavy (non-hydrogen) atoms. The fourth-order valence-corrected chi connectivity index (χ4v) is 3.23. The van der Waals surface area contributed by atoms with Gasteiger partial charge in [-0.25, -0.2) is 9.78 Å². The number of aryl methyl sites for hydroxylation is 2. The van der Waals surface area contributed by atoms with Gasteiger partial charge < -0.3 is 15.1 Å². The van der Waals surface area contributed by atoms with Crippen LogP contribution in [-0.2, 0) is 7.05 Å². The van der Waals surface area contributed by atoms with Crippen LogP contribution in [0.3, 0.4) is 0 Å². The highest BCUT2D eigenvalue weighted by molar-refractivity contribution is 5.88. The van der Waals surface area contributed by atoms with Crippen molar-refractivity contribution < 1.29 is 4.79 Å². The van der Waals surface area contributed by atoms with E-state index >= 15 is 0 Å². The lowest BCUT2D eigenvalue weighted by Gasteiger charge is -2.21. The van der Waals surface area contributed by atoms with Crippen LogP contribution >= 0.6 is 0 Å². The molecule has 1 saturated heterocycles. The van der Waals surface area contributed by atoms with Gasteiger partial charge in [-0.05, 0) is 38.3 Å². The van der Waals surface area contributed by atoms with Gasteiger partial charge in [0, 0.05) is 52.0 Å². The van der Waals surface area contributed by atoms with Gasteiger partial charge in [-0.3, -0.25) is 10.00 Å². The molecule has 146 valence electrons. The highest BCUT2D eigenvalue weighted by Crippen LogP contribution is 2.19. The fraction of sp³-hybridized carbons (Fsp3) is 0.526. The molecule has 1 atom stereocenters. The first-order valence-corrected chi connectivity index (χ1v) is 9.39. The normalized spacial score (nSPS) is 17.3. The summed E-state index contributed by atoms with van der Waals surface area (Å²) in [5.74, 6) is 1.54. The number of nitrogens with one attached hydrogen (secondary N) is 2. The van der Waals surface area contributed by atoms with Crippen molar-refractivity contribution in [3.8, 4) is 0 Å². The van der Waals surface area contributed by atoms with Crippen LogP contribution in [0.4, 0.5) is 22.1 Å². The van der Waals surface area contributed by atoms with E-state index in [0.717, 1.165) is 49.6 Å². The highest BCUT2D eigenvalue weighted by Gasteiger charge is 2.21. The van der Waals surface area contributed by atoms with Crippen LogP contribution in [0.2, 0.25) is 0 Å². The van der Waals surface area contributed by atoms with Gasteiger partial charge in [0.15, 0.2) is 5.82 Å². The number of rotatable bonds is 4. The maximum absolute atomic E-state index is 12.5. The Kier molecular flexibility index (Phi) is 5.83. The second-order valence-electron chi connectivity index (χ2n) is 7.28. The smallest absolute Gasteiger partial charge is 0.323 e. The van der Waals surface area contributed by atoms with Gasteiger partial charge in [-0.15, -0.1) is 0 Å². The van der Waals surface area contributed by atoms with Gasteiger partial charge in [-0.1, -0.05) is 0 Å². The molecule has 1 aliphatic rings. The molecule has 0 aliphatic carbocycles. The predicted octanol–water partition coefficient (Wildman–Crippen LogP) is 2.69. The van der Waals surface area contributed by atoms with E-state index in [4.69, 9.17) is 0 Å². The van der Waals surface area contributed by atoms with Gasteiger partial charge in [0.2, 0.25) is 0 Å². The van der Waals surface area contributed by atoms with Crippen molar-refractivity contribution in [2.45, 2.75) is 32.2 Å². The van der Waals surface area contributed by atoms with Crippen molar-refractivity contribution in [2.75, 3.05) is 42.7 Å². The monoisotopic (exact) mass is 371 g/mol. The van der Waals surface area contributed by atoms with Crippen LogP contribution in [0.15, 0.2) is 24.4 Å². The number of carbonyl (C=O) groups is 1. The van der Waals surface area contributed by atoms with E-state index in [-0.39, 0.29) is 6.03 Å². The van der Waals surface area contributed by atoms with Crippen LogP contribution < -0.4 is 15.5 Å². The molecule has 8 heteroatoms. The van der Waals surface area contributed by atoms with Crippen molar-refractivity contribution in [3.63, 3.8) is 0 Å². The van der Waals surface area contributed by atoms with E-state index in [1.807, 2.05) is 56.2 Å². The third kappa shape index (κ3) is 4.90. The number of urea groups is 1. The Morgan fingerprint density at radius 1 is 1.26 bits per heavy atom. The third-order valence-corrected chi connectivity index (χ3v) is 4.94. The minimum absolute atomic E-state index is 0.0780. The highest BCUT2D eigenvalue weighted by atomic mass is 16.2. The van der Waals surface area contributed by atoms with Crippen LogP contribution in [0.25, 0.3) is 0 Å². The molecule has 3 rings (SSSR count). The van der Waals surface area contributed by atoms with Crippen molar-refractivity contribution in [1.29, 1.82) is 0 Å². The molecule has 2 amide bonds. The first kappa shape index (κ1) is 19.0. The molecule has 1 fully saturated rings. The third-order valence-electron chi connectivity index (χ3n) is 4.94. The lowest BCUT2D eigenvalue weighted by molar-refractivity contribution is 0.213. The largest absolute Gasteiger partial charge is 0.381 e. The first-order valence-electron chi connectivity index (χ1n) is 9.39. The first-order chi connectivity index (χ1) is 12.9. The summed E-state index contributed by atoms with van der Waals surface area (Å²) in [6.07, 6.45) is 4.77. The van der Waals surface area contributed by atoms with Crippen molar-refractivity contribution in [1.82, 2.24) is 19.7 Å². The van der Waals surface area contributed by atoms with E-state index in [1.54, 1.807) is 4.68 Å². The molecule has 2 aromatic rings. The Morgan fingerprint density at radius 2 is 2.07 bits per heavy atom. The quantitative estimate of drug-likeness (QED) is 0.864. The fourth-order valence-electron chi connectivity index (χ4n) is 3.23. The Labute approximate surface area is 160 Å². The molecule has 3 heterocycles. The number of nitrogens with zero attached hydrogens (tertiary/aromatic N) is 5. The number of anilines is 3. The summed E-state index contributed by atoms with van der Waals surface area (Å²) < 4.78 is 1.76. The van der Waals surface area contributed by atoms with E-state index in [1.165, 1.54) is 0 Å². The Bertz CT molecular complexity index is 749. The zero-order chi connectivity index (χ0) is 19.4. The van der Waals surface area contributed by atoms with Gasteiger partial charge in [0.1, 0.15) is 5.82 Å². The van der Waals surface area contributed by atoms with Crippen LogP contribution in [0, 0.1) is 6.92 Å². The van der Waals surface area contributed by atoms with Crippen LogP contribution in [-0.4, -0.2) is 58.9 Å². The molecule has 2 N–H and O–H groups in total. The molecule has 0 bridgehead atoms. The lowest BCUT2D eigenvalue weighted by atomic mass is 10.1. The molecular formula is C19H29N7O. The van der Waals surface area contributed by atoms with E-state index in [0.29, 0.717) is 11.9 Å². The summed E-state index contributed by atoms with van der Waals surface area (Å²) in [5.41, 5.74) is 2.03. The number of aromatic nitrogens is 3. The topological polar surface area (TPSA) is 78.3 Å². The number of hydrogen-bond donors (Lipinski definition) is 2. The molecule has 1 unspecified atom stereocenters. The molecular weight excluding hydrogens is 342 g/mol. The van der Waals surface area contributed by atoms with E-state index in [9.17, 15) is 4.79 Å². The molecule has 8 nitrogen and oxygen atoms in total. The SMILES string of the molecule is Cc1cc(NC(=O)N2CCCC(Nc3ccc(N(C)C)nc3)CC2)nn1C. The average Bonchev–Trinajstić information content (AvgIpc) is 2.83. The number of pyridine rings is 1. The lowest BCUT2D eigenvalue weighted by Crippen LogP contribution is -2.36. The Hall–Kier alpha value is -2.77. The summed E-state index contributed by atoms with van der Waals surface area (Å²) in [5, 5.41) is 10.7. The average molecular weight is 371 g/mol. The van der Waals surface area contributed by atoms with E-state index < -0.39 is 0 Å². The zero-order valence-corrected chi connectivity index (χ0v) is 16.6. The van der Waals surface area contributed by atoms with Gasteiger partial charge in [0.05, 0.1) is 11.9 Å². The second kappa shape index (κ2) is 8.28. The van der Waals surface area contributed by atoms with Gasteiger partial charge >= 0.3 is 6.03 Å². The van der Waals surface area contributed by atoms with Gasteiger partial charge in [-0.2, -0.15) is 5.10 Å². The molecule has 0 spiro atoms. The number of carbonyl (C=O) groups excluding carboxylic acids is 1. The summed E-state index contributed by atoms with van der Waals surface area (Å²) in [6.45, 7) is 3.44. The summed E-state index contributed by atoms with van der Waals surface area (Å²) >= 11 is 0. The number of hydrogen-bond acceptors (Lipinski definition) is 5. The zero-order valence-electron chi connectivity index (χ0n) is 16.6. The number of likely N-dealkylation sites (tertiary alicyclic amines) is 1. The molecule has 1 aliphatic heterocycles. The predicted molar refractivity (Wildman–Crippen MR) is 108 cm³/mol. The summed E-state index contributed by atoms with van der Waals surface area (Å²) in [4.78, 5) is 20.8. The second-order valence-corrected chi connectivity index (χ2v) is 7.28. The molecule has 0 saturated carbocycles. The van der Waals surface area contributed by atoms with Gasteiger partial charge in [0.25, 0.3) is 0 Å². The Morgan fingerprint density at radius 3 is 2.70 bits per heavy atom.